The van der Waals surface area contributed by atoms with Gasteiger partial charge in [0.15, 0.2) is 0 Å². The summed E-state index contributed by atoms with van der Waals surface area (Å²) in [7, 11) is 0. The van der Waals surface area contributed by atoms with Gasteiger partial charge in [0, 0.05) is 5.92 Å². The summed E-state index contributed by atoms with van der Waals surface area (Å²) >= 11 is 0. The van der Waals surface area contributed by atoms with Gasteiger partial charge >= 0.3 is 0 Å². The SMILES string of the molecule is CC(C)Oc1ccccc1NC(=O)C1CC2CC2C1. The largest absolute Gasteiger partial charge is 0.489 e. The molecule has 2 atom stereocenters. The normalized spacial score (nSPS) is 28.1. The quantitative estimate of drug-likeness (QED) is 0.899. The zero-order valence-corrected chi connectivity index (χ0v) is 11.6. The minimum atomic E-state index is 0.108. The molecule has 2 saturated carbocycles. The van der Waals surface area contributed by atoms with Gasteiger partial charge in [-0.3, -0.25) is 4.79 Å². The van der Waals surface area contributed by atoms with Crippen LogP contribution in [0, 0.1) is 17.8 Å². The average Bonchev–Trinajstić information content (AvgIpc) is 2.98. The number of nitrogens with one attached hydrogen (secondary N) is 1. The van der Waals surface area contributed by atoms with Crippen LogP contribution < -0.4 is 10.1 Å². The van der Waals surface area contributed by atoms with Crippen molar-refractivity contribution in [3.8, 4) is 5.75 Å². The van der Waals surface area contributed by atoms with E-state index in [0.29, 0.717) is 0 Å². The van der Waals surface area contributed by atoms with Crippen LogP contribution in [0.3, 0.4) is 0 Å². The molecule has 3 heteroatoms. The first-order valence-corrected chi connectivity index (χ1v) is 7.20. The lowest BCUT2D eigenvalue weighted by Crippen LogP contribution is -2.22. The summed E-state index contributed by atoms with van der Waals surface area (Å²) in [6.07, 6.45) is 3.60. The summed E-state index contributed by atoms with van der Waals surface area (Å²) < 4.78 is 5.72. The standard InChI is InChI=1S/C16H21NO2/c1-10(2)19-15-6-4-3-5-14(15)17-16(18)13-8-11-7-12(11)9-13/h3-6,10-13H,7-9H2,1-2H3,(H,17,18). The number of rotatable bonds is 4. The molecule has 1 amide bonds. The zero-order valence-electron chi connectivity index (χ0n) is 11.6. The molecule has 2 fully saturated rings. The number of fused-ring (bicyclic) bond motifs is 1. The maximum absolute atomic E-state index is 12.3. The molecule has 0 aliphatic heterocycles. The van der Waals surface area contributed by atoms with E-state index in [9.17, 15) is 4.79 Å². The molecule has 0 aromatic heterocycles. The second-order valence-electron chi connectivity index (χ2n) is 6.08. The lowest BCUT2D eigenvalue weighted by atomic mass is 10.0. The number of hydrogen-bond acceptors (Lipinski definition) is 2. The number of carbonyl (C=O) groups is 1. The summed E-state index contributed by atoms with van der Waals surface area (Å²) in [4.78, 5) is 12.3. The van der Waals surface area contributed by atoms with Crippen molar-refractivity contribution in [2.45, 2.75) is 39.2 Å². The number of para-hydroxylation sites is 2. The fraction of sp³-hybridized carbons (Fsp3) is 0.562. The number of ether oxygens (including phenoxy) is 1. The third kappa shape index (κ3) is 2.75. The summed E-state index contributed by atoms with van der Waals surface area (Å²) in [6.45, 7) is 3.98. The van der Waals surface area contributed by atoms with E-state index in [1.165, 1.54) is 6.42 Å². The maximum atomic E-state index is 12.3. The lowest BCUT2D eigenvalue weighted by Gasteiger charge is -2.17. The second kappa shape index (κ2) is 4.87. The molecule has 0 spiro atoms. The van der Waals surface area contributed by atoms with Gasteiger partial charge in [0.05, 0.1) is 11.8 Å². The van der Waals surface area contributed by atoms with E-state index in [0.717, 1.165) is 36.1 Å². The fourth-order valence-corrected chi connectivity index (χ4v) is 3.09. The van der Waals surface area contributed by atoms with Gasteiger partial charge in [0.25, 0.3) is 0 Å². The Morgan fingerprint density at radius 3 is 2.58 bits per heavy atom. The van der Waals surface area contributed by atoms with Crippen LogP contribution in [-0.2, 0) is 4.79 Å². The lowest BCUT2D eigenvalue weighted by molar-refractivity contribution is -0.120. The van der Waals surface area contributed by atoms with E-state index in [1.807, 2.05) is 38.1 Å². The van der Waals surface area contributed by atoms with Crippen LogP contribution in [0.25, 0.3) is 0 Å². The minimum Gasteiger partial charge on any atom is -0.489 e. The summed E-state index contributed by atoms with van der Waals surface area (Å²) in [5, 5.41) is 3.04. The van der Waals surface area contributed by atoms with Gasteiger partial charge in [0.1, 0.15) is 5.75 Å². The molecule has 102 valence electrons. The second-order valence-corrected chi connectivity index (χ2v) is 6.08. The third-order valence-electron chi connectivity index (χ3n) is 4.12. The maximum Gasteiger partial charge on any atom is 0.227 e. The smallest absolute Gasteiger partial charge is 0.227 e. The fourth-order valence-electron chi connectivity index (χ4n) is 3.09. The Labute approximate surface area is 114 Å². The molecule has 2 aliphatic rings. The number of hydrogen-bond donors (Lipinski definition) is 1. The zero-order chi connectivity index (χ0) is 13.4. The Morgan fingerprint density at radius 2 is 1.89 bits per heavy atom. The van der Waals surface area contributed by atoms with Gasteiger partial charge in [-0.15, -0.1) is 0 Å². The molecule has 0 heterocycles. The van der Waals surface area contributed by atoms with Crippen molar-refractivity contribution < 1.29 is 9.53 Å². The minimum absolute atomic E-state index is 0.108. The van der Waals surface area contributed by atoms with Crippen molar-refractivity contribution in [1.82, 2.24) is 0 Å². The molecule has 19 heavy (non-hydrogen) atoms. The van der Waals surface area contributed by atoms with Crippen LogP contribution in [0.4, 0.5) is 5.69 Å². The molecule has 1 aromatic rings. The Bertz CT molecular complexity index is 473. The van der Waals surface area contributed by atoms with Crippen LogP contribution in [0.2, 0.25) is 0 Å². The molecule has 1 N–H and O–H groups in total. The average molecular weight is 259 g/mol. The molecule has 2 unspecified atom stereocenters. The van der Waals surface area contributed by atoms with E-state index in [-0.39, 0.29) is 17.9 Å². The first-order valence-electron chi connectivity index (χ1n) is 7.20. The van der Waals surface area contributed by atoms with Gasteiger partial charge in [0.2, 0.25) is 5.91 Å². The molecule has 0 saturated heterocycles. The van der Waals surface area contributed by atoms with Crippen LogP contribution >= 0.6 is 0 Å². The van der Waals surface area contributed by atoms with E-state index in [4.69, 9.17) is 4.74 Å². The van der Waals surface area contributed by atoms with Crippen LogP contribution in [-0.4, -0.2) is 12.0 Å². The van der Waals surface area contributed by atoms with Crippen LogP contribution in [0.1, 0.15) is 33.1 Å². The summed E-state index contributed by atoms with van der Waals surface area (Å²) in [5.74, 6) is 2.78. The highest BCUT2D eigenvalue weighted by molar-refractivity contribution is 5.94. The number of amides is 1. The van der Waals surface area contributed by atoms with Crippen molar-refractivity contribution in [1.29, 1.82) is 0 Å². The molecule has 3 nitrogen and oxygen atoms in total. The third-order valence-corrected chi connectivity index (χ3v) is 4.12. The van der Waals surface area contributed by atoms with Gasteiger partial charge in [-0.25, -0.2) is 0 Å². The van der Waals surface area contributed by atoms with E-state index in [1.54, 1.807) is 0 Å². The Kier molecular flexibility index (Phi) is 3.21. The van der Waals surface area contributed by atoms with Crippen LogP contribution in [0.15, 0.2) is 24.3 Å². The molecule has 1 aromatic carbocycles. The number of carbonyl (C=O) groups excluding carboxylic acids is 1. The molecular formula is C16H21NO2. The first-order chi connectivity index (χ1) is 9.13. The topological polar surface area (TPSA) is 38.3 Å². The number of anilines is 1. The Balaban J connectivity index is 1.66. The molecular weight excluding hydrogens is 238 g/mol. The van der Waals surface area contributed by atoms with Gasteiger partial charge < -0.3 is 10.1 Å². The van der Waals surface area contributed by atoms with Gasteiger partial charge in [-0.2, -0.15) is 0 Å². The van der Waals surface area contributed by atoms with E-state index < -0.39 is 0 Å². The predicted molar refractivity (Wildman–Crippen MR) is 75.2 cm³/mol. The van der Waals surface area contributed by atoms with Gasteiger partial charge in [-0.1, -0.05) is 12.1 Å². The monoisotopic (exact) mass is 259 g/mol. The highest BCUT2D eigenvalue weighted by Crippen LogP contribution is 2.54. The van der Waals surface area contributed by atoms with Crippen LogP contribution in [0.5, 0.6) is 5.75 Å². The predicted octanol–water partition coefficient (Wildman–Crippen LogP) is 3.46. The summed E-state index contributed by atoms with van der Waals surface area (Å²) in [5.41, 5.74) is 0.793. The van der Waals surface area contributed by atoms with E-state index in [2.05, 4.69) is 5.32 Å². The van der Waals surface area contributed by atoms with Crippen molar-refractivity contribution in [2.75, 3.05) is 5.32 Å². The van der Waals surface area contributed by atoms with Crippen molar-refractivity contribution in [3.05, 3.63) is 24.3 Å². The molecule has 2 aliphatic carbocycles. The van der Waals surface area contributed by atoms with Gasteiger partial charge in [-0.05, 0) is 57.1 Å². The highest BCUT2D eigenvalue weighted by atomic mass is 16.5. The molecule has 0 radical (unpaired) electrons. The molecule has 0 bridgehead atoms. The highest BCUT2D eigenvalue weighted by Gasteiger charge is 2.48. The van der Waals surface area contributed by atoms with Crippen molar-refractivity contribution in [2.24, 2.45) is 17.8 Å². The number of benzene rings is 1. The summed E-state index contributed by atoms with van der Waals surface area (Å²) in [6, 6.07) is 7.67. The van der Waals surface area contributed by atoms with E-state index >= 15 is 0 Å². The van der Waals surface area contributed by atoms with Crippen molar-refractivity contribution >= 4 is 11.6 Å². The first kappa shape index (κ1) is 12.5. The van der Waals surface area contributed by atoms with Crippen molar-refractivity contribution in [3.63, 3.8) is 0 Å². The molecule has 3 rings (SSSR count). The Morgan fingerprint density at radius 1 is 1.21 bits per heavy atom. The Hall–Kier alpha value is -1.51.